The Morgan fingerprint density at radius 2 is 2.00 bits per heavy atom. The molecular weight excluding hydrogens is 186 g/mol. The first-order valence-corrected chi connectivity index (χ1v) is 5.39. The molecule has 0 aliphatic rings. The fourth-order valence-electron chi connectivity index (χ4n) is 2.12. The van der Waals surface area contributed by atoms with Gasteiger partial charge in [-0.15, -0.1) is 4.98 Å². The van der Waals surface area contributed by atoms with Crippen LogP contribution >= 0.6 is 0 Å². The second-order valence-electron chi connectivity index (χ2n) is 4.09. The van der Waals surface area contributed by atoms with Gasteiger partial charge in [0.15, 0.2) is 5.52 Å². The summed E-state index contributed by atoms with van der Waals surface area (Å²) in [6, 6.07) is 0. The van der Waals surface area contributed by atoms with Crippen molar-refractivity contribution in [2.24, 2.45) is 7.05 Å². The number of fused-ring (bicyclic) bond motifs is 1. The fraction of sp³-hybridized carbons (Fsp3) is 0.500. The first-order chi connectivity index (χ1) is 7.07. The van der Waals surface area contributed by atoms with Crippen LogP contribution in [0.1, 0.15) is 23.9 Å². The summed E-state index contributed by atoms with van der Waals surface area (Å²) < 4.78 is 4.48. The first-order valence-electron chi connectivity index (χ1n) is 5.39. The Bertz CT molecular complexity index is 523. The molecule has 0 saturated heterocycles. The highest BCUT2D eigenvalue weighted by atomic mass is 15.2. The Kier molecular flexibility index (Phi) is 2.25. The number of imidazole rings is 1. The van der Waals surface area contributed by atoms with Gasteiger partial charge in [0.25, 0.3) is 0 Å². The van der Waals surface area contributed by atoms with E-state index in [1.54, 1.807) is 0 Å². The number of pyridine rings is 1. The zero-order valence-corrected chi connectivity index (χ0v) is 10.1. The Morgan fingerprint density at radius 3 is 2.60 bits per heavy atom. The van der Waals surface area contributed by atoms with Gasteiger partial charge in [-0.05, 0) is 26.3 Å². The molecule has 0 bridgehead atoms. The largest absolute Gasteiger partial charge is 0.301 e. The summed E-state index contributed by atoms with van der Waals surface area (Å²) in [4.78, 5) is 4.51. The quantitative estimate of drug-likeness (QED) is 0.649. The van der Waals surface area contributed by atoms with Crippen LogP contribution in [0.2, 0.25) is 0 Å². The molecule has 0 saturated carbocycles. The van der Waals surface area contributed by atoms with E-state index < -0.39 is 0 Å². The van der Waals surface area contributed by atoms with E-state index in [0.29, 0.717) is 0 Å². The fourth-order valence-corrected chi connectivity index (χ4v) is 2.12. The van der Waals surface area contributed by atoms with Crippen LogP contribution in [0.4, 0.5) is 0 Å². The molecule has 0 atom stereocenters. The highest BCUT2D eigenvalue weighted by Crippen LogP contribution is 2.18. The van der Waals surface area contributed by atoms with Crippen molar-refractivity contribution in [3.63, 3.8) is 0 Å². The lowest BCUT2D eigenvalue weighted by Crippen LogP contribution is -2.31. The third-order valence-electron chi connectivity index (χ3n) is 3.32. The zero-order valence-electron chi connectivity index (χ0n) is 10.1. The van der Waals surface area contributed by atoms with Gasteiger partial charge >= 0.3 is 5.65 Å². The average Bonchev–Trinajstić information content (AvgIpc) is 2.47. The van der Waals surface area contributed by atoms with Crippen LogP contribution in [0, 0.1) is 20.8 Å². The van der Waals surface area contributed by atoms with Crippen LogP contribution in [-0.4, -0.2) is 9.55 Å². The molecule has 2 aromatic rings. The van der Waals surface area contributed by atoms with Gasteiger partial charge in [0.05, 0.1) is 13.6 Å². The Balaban J connectivity index is 2.98. The molecule has 0 aromatic carbocycles. The summed E-state index contributed by atoms with van der Waals surface area (Å²) >= 11 is 0. The monoisotopic (exact) mass is 204 g/mol. The Hall–Kier alpha value is -1.38. The molecule has 0 aliphatic carbocycles. The van der Waals surface area contributed by atoms with Gasteiger partial charge < -0.3 is 0 Å². The Labute approximate surface area is 90.4 Å². The van der Waals surface area contributed by atoms with E-state index in [0.717, 1.165) is 12.2 Å². The maximum atomic E-state index is 4.51. The predicted octanol–water partition coefficient (Wildman–Crippen LogP) is 1.81. The molecule has 2 rings (SSSR count). The molecule has 0 spiro atoms. The number of hydrogen-bond donors (Lipinski definition) is 0. The second kappa shape index (κ2) is 3.33. The molecule has 0 unspecified atom stereocenters. The van der Waals surface area contributed by atoms with Crippen molar-refractivity contribution in [2.45, 2.75) is 34.2 Å². The van der Waals surface area contributed by atoms with Gasteiger partial charge in [-0.1, -0.05) is 0 Å². The van der Waals surface area contributed by atoms with Crippen molar-refractivity contribution in [3.8, 4) is 0 Å². The Morgan fingerprint density at radius 1 is 1.33 bits per heavy atom. The maximum Gasteiger partial charge on any atom is 0.301 e. The van der Waals surface area contributed by atoms with Gasteiger partial charge in [-0.3, -0.25) is 4.57 Å². The molecular formula is C12H18N3+. The molecule has 0 amide bonds. The van der Waals surface area contributed by atoms with E-state index in [4.69, 9.17) is 0 Å². The summed E-state index contributed by atoms with van der Waals surface area (Å²) in [5.41, 5.74) is 4.95. The van der Waals surface area contributed by atoms with Crippen molar-refractivity contribution in [2.75, 3.05) is 0 Å². The van der Waals surface area contributed by atoms with Gasteiger partial charge in [0.2, 0.25) is 5.82 Å². The van der Waals surface area contributed by atoms with Crippen molar-refractivity contribution in [3.05, 3.63) is 23.1 Å². The van der Waals surface area contributed by atoms with Crippen molar-refractivity contribution < 1.29 is 4.57 Å². The van der Waals surface area contributed by atoms with Crippen LogP contribution in [0.15, 0.2) is 6.20 Å². The third kappa shape index (κ3) is 1.26. The molecule has 0 N–H and O–H groups in total. The molecule has 0 radical (unpaired) electrons. The van der Waals surface area contributed by atoms with Crippen LogP contribution in [0.25, 0.3) is 11.2 Å². The maximum absolute atomic E-state index is 4.51. The molecule has 3 nitrogen and oxygen atoms in total. The van der Waals surface area contributed by atoms with E-state index >= 15 is 0 Å². The highest BCUT2D eigenvalue weighted by Gasteiger charge is 2.20. The topological polar surface area (TPSA) is 21.7 Å². The molecule has 80 valence electrons. The van der Waals surface area contributed by atoms with Gasteiger partial charge in [0, 0.05) is 12.5 Å². The van der Waals surface area contributed by atoms with E-state index in [2.05, 4.69) is 48.9 Å². The molecule has 0 fully saturated rings. The zero-order chi connectivity index (χ0) is 11.2. The number of aromatic nitrogens is 3. The minimum Gasteiger partial charge on any atom is -0.258 e. The molecule has 15 heavy (non-hydrogen) atoms. The normalized spacial score (nSPS) is 11.3. The van der Waals surface area contributed by atoms with Gasteiger partial charge in [-0.2, -0.15) is 0 Å². The average molecular weight is 204 g/mol. The summed E-state index contributed by atoms with van der Waals surface area (Å²) in [5.74, 6) is 1.26. The minimum absolute atomic E-state index is 0.995. The van der Waals surface area contributed by atoms with Gasteiger partial charge in [0.1, 0.15) is 6.20 Å². The summed E-state index contributed by atoms with van der Waals surface area (Å²) in [5, 5.41) is 0. The first kappa shape index (κ1) is 10.1. The smallest absolute Gasteiger partial charge is 0.258 e. The van der Waals surface area contributed by atoms with Crippen molar-refractivity contribution in [1.29, 1.82) is 0 Å². The predicted molar refractivity (Wildman–Crippen MR) is 60.8 cm³/mol. The lowest BCUT2D eigenvalue weighted by molar-refractivity contribution is -0.654. The highest BCUT2D eigenvalue weighted by molar-refractivity contribution is 5.73. The number of hydrogen-bond acceptors (Lipinski definition) is 1. The van der Waals surface area contributed by atoms with Crippen LogP contribution in [0.3, 0.4) is 0 Å². The summed E-state index contributed by atoms with van der Waals surface area (Å²) in [6.07, 6.45) is 1.96. The van der Waals surface area contributed by atoms with Crippen molar-refractivity contribution in [1.82, 2.24) is 9.55 Å². The van der Waals surface area contributed by atoms with E-state index in [1.807, 2.05) is 6.20 Å². The van der Waals surface area contributed by atoms with Crippen LogP contribution < -0.4 is 4.57 Å². The number of rotatable bonds is 1. The summed E-state index contributed by atoms with van der Waals surface area (Å²) in [6.45, 7) is 9.60. The lowest BCUT2D eigenvalue weighted by atomic mass is 10.1. The van der Waals surface area contributed by atoms with Crippen LogP contribution in [0.5, 0.6) is 0 Å². The molecule has 3 heteroatoms. The lowest BCUT2D eigenvalue weighted by Gasteiger charge is -2.00. The van der Waals surface area contributed by atoms with E-state index in [-0.39, 0.29) is 0 Å². The second-order valence-corrected chi connectivity index (χ2v) is 4.09. The number of aryl methyl sites for hydroxylation is 4. The van der Waals surface area contributed by atoms with E-state index in [1.165, 1.54) is 22.5 Å². The van der Waals surface area contributed by atoms with E-state index in [9.17, 15) is 0 Å². The molecule has 2 aromatic heterocycles. The standard InChI is InChI=1S/C12H18N3/c1-6-15-10(4)14(5)12-11(15)9(3)8(2)7-13-12/h7H,6H2,1-5H3/q+1. The molecule has 0 aliphatic heterocycles. The summed E-state index contributed by atoms with van der Waals surface area (Å²) in [7, 11) is 2.08. The minimum atomic E-state index is 0.995. The van der Waals surface area contributed by atoms with Gasteiger partial charge in [-0.25, -0.2) is 4.57 Å². The SMILES string of the molecule is CCn1c(C)[n+](C)c2ncc(C)c(C)c21. The van der Waals surface area contributed by atoms with Crippen LogP contribution in [-0.2, 0) is 13.6 Å². The van der Waals surface area contributed by atoms with Crippen molar-refractivity contribution >= 4 is 11.2 Å². The molecule has 2 heterocycles. The number of nitrogens with zero attached hydrogens (tertiary/aromatic N) is 3. The third-order valence-corrected chi connectivity index (χ3v) is 3.32.